The monoisotopic (exact) mass is 582 g/mol. The highest BCUT2D eigenvalue weighted by Gasteiger charge is 2.18. The molecule has 0 unspecified atom stereocenters. The van der Waals surface area contributed by atoms with E-state index in [2.05, 4.69) is 150 Å². The van der Waals surface area contributed by atoms with Crippen LogP contribution < -0.4 is 10.2 Å². The molecule has 0 bridgehead atoms. The summed E-state index contributed by atoms with van der Waals surface area (Å²) in [6, 6.07) is 53.8. The second-order valence-corrected chi connectivity index (χ2v) is 12.1. The van der Waals surface area contributed by atoms with Crippen molar-refractivity contribution < 1.29 is 4.42 Å². The van der Waals surface area contributed by atoms with Gasteiger partial charge in [-0.2, -0.15) is 0 Å². The first kappa shape index (κ1) is 25.0. The van der Waals surface area contributed by atoms with Crippen molar-refractivity contribution in [3.63, 3.8) is 0 Å². The number of thiophene rings is 1. The molecular formula is C40H26N2OS. The molecule has 2 heterocycles. The van der Waals surface area contributed by atoms with E-state index in [0.29, 0.717) is 0 Å². The van der Waals surface area contributed by atoms with Gasteiger partial charge in [0.15, 0.2) is 0 Å². The molecule has 1 N–H and O–H groups in total. The van der Waals surface area contributed by atoms with Gasteiger partial charge in [0.2, 0.25) is 0 Å². The minimum Gasteiger partial charge on any atom is -0.456 e. The number of fused-ring (bicyclic) bond motifs is 7. The van der Waals surface area contributed by atoms with E-state index in [-0.39, 0.29) is 0 Å². The molecule has 9 rings (SSSR count). The van der Waals surface area contributed by atoms with Crippen molar-refractivity contribution in [2.24, 2.45) is 0 Å². The summed E-state index contributed by atoms with van der Waals surface area (Å²) in [7, 11) is 0. The van der Waals surface area contributed by atoms with Crippen molar-refractivity contribution in [1.29, 1.82) is 0 Å². The van der Waals surface area contributed by atoms with Gasteiger partial charge in [-0.05, 0) is 66.7 Å². The zero-order valence-corrected chi connectivity index (χ0v) is 24.5. The van der Waals surface area contributed by atoms with Crippen molar-refractivity contribution >= 4 is 92.7 Å². The Labute approximate surface area is 258 Å². The topological polar surface area (TPSA) is 28.4 Å². The molecule has 0 fully saturated rings. The Morgan fingerprint density at radius 1 is 0.455 bits per heavy atom. The number of anilines is 5. The van der Waals surface area contributed by atoms with Crippen LogP contribution in [0.25, 0.3) is 52.9 Å². The molecule has 0 aliphatic rings. The Kier molecular flexibility index (Phi) is 5.68. The van der Waals surface area contributed by atoms with Gasteiger partial charge in [-0.3, -0.25) is 0 Å². The van der Waals surface area contributed by atoms with Gasteiger partial charge in [-0.15, -0.1) is 11.3 Å². The van der Waals surface area contributed by atoms with Crippen LogP contribution >= 0.6 is 11.3 Å². The van der Waals surface area contributed by atoms with Gasteiger partial charge in [0.1, 0.15) is 11.2 Å². The maximum Gasteiger partial charge on any atom is 0.137 e. The molecule has 0 saturated heterocycles. The van der Waals surface area contributed by atoms with E-state index in [4.69, 9.17) is 4.42 Å². The molecule has 3 nitrogen and oxygen atoms in total. The van der Waals surface area contributed by atoms with E-state index in [9.17, 15) is 0 Å². The van der Waals surface area contributed by atoms with Gasteiger partial charge in [0, 0.05) is 70.5 Å². The number of hydrogen-bond donors (Lipinski definition) is 1. The van der Waals surface area contributed by atoms with E-state index in [1.807, 2.05) is 23.5 Å². The van der Waals surface area contributed by atoms with Crippen LogP contribution in [0.15, 0.2) is 156 Å². The summed E-state index contributed by atoms with van der Waals surface area (Å²) in [4.78, 5) is 2.37. The van der Waals surface area contributed by atoms with Crippen LogP contribution in [-0.4, -0.2) is 0 Å². The normalized spacial score (nSPS) is 11.6. The van der Waals surface area contributed by atoms with Crippen LogP contribution in [0.2, 0.25) is 0 Å². The van der Waals surface area contributed by atoms with E-state index in [0.717, 1.165) is 55.8 Å². The van der Waals surface area contributed by atoms with Crippen LogP contribution in [0, 0.1) is 0 Å². The first-order valence-electron chi connectivity index (χ1n) is 14.8. The molecule has 0 atom stereocenters. The Morgan fingerprint density at radius 3 is 2.05 bits per heavy atom. The summed E-state index contributed by atoms with van der Waals surface area (Å²) in [6.07, 6.45) is 0. The zero-order valence-electron chi connectivity index (χ0n) is 23.7. The van der Waals surface area contributed by atoms with Gasteiger partial charge < -0.3 is 14.6 Å². The second kappa shape index (κ2) is 10.0. The first-order chi connectivity index (χ1) is 21.8. The SMILES string of the molecule is c1ccc(N(c2ccc3sc4ccccc4c3c2)c2ccc(Nc3ccc4c(c3)oc3ccccc34)c3ccccc23)cc1. The molecule has 208 valence electrons. The van der Waals surface area contributed by atoms with Crippen LogP contribution in [0.5, 0.6) is 0 Å². The lowest BCUT2D eigenvalue weighted by Crippen LogP contribution is -2.10. The number of rotatable bonds is 5. The number of nitrogens with one attached hydrogen (secondary N) is 1. The predicted octanol–water partition coefficient (Wildman–Crippen LogP) is 12.3. The van der Waals surface area contributed by atoms with Crippen LogP contribution in [0.3, 0.4) is 0 Å². The highest BCUT2D eigenvalue weighted by atomic mass is 32.1. The molecule has 0 amide bonds. The third-order valence-electron chi connectivity index (χ3n) is 8.43. The molecule has 4 heteroatoms. The van der Waals surface area contributed by atoms with E-state index in [1.54, 1.807) is 0 Å². The molecule has 0 aliphatic heterocycles. The fourth-order valence-corrected chi connectivity index (χ4v) is 7.49. The first-order valence-corrected chi connectivity index (χ1v) is 15.6. The van der Waals surface area contributed by atoms with Gasteiger partial charge in [-0.25, -0.2) is 0 Å². The van der Waals surface area contributed by atoms with Crippen molar-refractivity contribution in [2.75, 3.05) is 10.2 Å². The predicted molar refractivity (Wildman–Crippen MR) is 189 cm³/mol. The smallest absolute Gasteiger partial charge is 0.137 e. The Hall–Kier alpha value is -5.58. The average molecular weight is 583 g/mol. The molecule has 0 radical (unpaired) electrons. The van der Waals surface area contributed by atoms with Crippen LogP contribution in [-0.2, 0) is 0 Å². The molecule has 9 aromatic rings. The molecule has 0 saturated carbocycles. The molecule has 0 aliphatic carbocycles. The van der Waals surface area contributed by atoms with Gasteiger partial charge in [0.25, 0.3) is 0 Å². The summed E-state index contributed by atoms with van der Waals surface area (Å²) in [5.74, 6) is 0. The lowest BCUT2D eigenvalue weighted by atomic mass is 10.0. The third-order valence-corrected chi connectivity index (χ3v) is 9.58. The van der Waals surface area contributed by atoms with Gasteiger partial charge in [0.05, 0.1) is 5.69 Å². The average Bonchev–Trinajstić information content (AvgIpc) is 3.64. The van der Waals surface area contributed by atoms with E-state index >= 15 is 0 Å². The minimum atomic E-state index is 0.878. The second-order valence-electron chi connectivity index (χ2n) is 11.1. The molecule has 0 spiro atoms. The fraction of sp³-hybridized carbons (Fsp3) is 0. The Balaban J connectivity index is 1.18. The zero-order chi connectivity index (χ0) is 29.0. The standard InChI is InChI=1S/C40H26N2OS/c1-2-10-27(11-3-1)42(28-19-23-40-34(25-28)33-15-7-9-17-39(33)44-40)36-22-21-35(29-12-4-5-13-30(29)36)41-26-18-20-32-31-14-6-8-16-37(31)43-38(32)24-26/h1-25,41H. The van der Waals surface area contributed by atoms with Crippen molar-refractivity contribution in [3.8, 4) is 0 Å². The Morgan fingerprint density at radius 2 is 1.16 bits per heavy atom. The molecule has 44 heavy (non-hydrogen) atoms. The van der Waals surface area contributed by atoms with Crippen molar-refractivity contribution in [2.45, 2.75) is 0 Å². The quantitative estimate of drug-likeness (QED) is 0.219. The summed E-state index contributed by atoms with van der Waals surface area (Å²) in [6.45, 7) is 0. The number of furan rings is 1. The fourth-order valence-electron chi connectivity index (χ4n) is 6.40. The summed E-state index contributed by atoms with van der Waals surface area (Å²) in [5.41, 5.74) is 7.20. The van der Waals surface area contributed by atoms with Crippen molar-refractivity contribution in [1.82, 2.24) is 0 Å². The minimum absolute atomic E-state index is 0.878. The van der Waals surface area contributed by atoms with E-state index in [1.165, 1.54) is 25.6 Å². The highest BCUT2D eigenvalue weighted by Crippen LogP contribution is 2.44. The van der Waals surface area contributed by atoms with Gasteiger partial charge >= 0.3 is 0 Å². The molecule has 2 aromatic heterocycles. The van der Waals surface area contributed by atoms with Crippen LogP contribution in [0.1, 0.15) is 0 Å². The lowest BCUT2D eigenvalue weighted by molar-refractivity contribution is 0.669. The van der Waals surface area contributed by atoms with Crippen molar-refractivity contribution in [3.05, 3.63) is 152 Å². The lowest BCUT2D eigenvalue weighted by Gasteiger charge is -2.27. The number of benzene rings is 7. The number of hydrogen-bond acceptors (Lipinski definition) is 4. The van der Waals surface area contributed by atoms with Crippen LogP contribution in [0.4, 0.5) is 28.4 Å². The highest BCUT2D eigenvalue weighted by molar-refractivity contribution is 7.25. The number of nitrogens with zero attached hydrogens (tertiary/aromatic N) is 1. The summed E-state index contributed by atoms with van der Waals surface area (Å²) < 4.78 is 8.78. The maximum atomic E-state index is 6.17. The third kappa shape index (κ3) is 4.03. The number of para-hydroxylation sites is 2. The summed E-state index contributed by atoms with van der Waals surface area (Å²) >= 11 is 1.85. The largest absolute Gasteiger partial charge is 0.456 e. The molecular weight excluding hydrogens is 557 g/mol. The maximum absolute atomic E-state index is 6.17. The summed E-state index contributed by atoms with van der Waals surface area (Å²) in [5, 5.41) is 10.9. The van der Waals surface area contributed by atoms with E-state index < -0.39 is 0 Å². The Bertz CT molecular complexity index is 2490. The molecule has 7 aromatic carbocycles. The van der Waals surface area contributed by atoms with Gasteiger partial charge in [-0.1, -0.05) is 78.9 Å².